The van der Waals surface area contributed by atoms with Gasteiger partial charge < -0.3 is 9.64 Å². The molecule has 3 nitrogen and oxygen atoms in total. The van der Waals surface area contributed by atoms with E-state index in [1.54, 1.807) is 7.11 Å². The van der Waals surface area contributed by atoms with E-state index in [9.17, 15) is 4.79 Å². The zero-order valence-electron chi connectivity index (χ0n) is 17.8. The van der Waals surface area contributed by atoms with Crippen molar-refractivity contribution in [2.24, 2.45) is 11.8 Å². The normalized spacial score (nSPS) is 28.0. The Morgan fingerprint density at radius 3 is 2.42 bits per heavy atom. The molecule has 2 bridgehead atoms. The molecule has 1 heterocycles. The number of methoxy groups -OCH3 is 1. The predicted octanol–water partition coefficient (Wildman–Crippen LogP) is 5.17. The van der Waals surface area contributed by atoms with Gasteiger partial charge in [0.1, 0.15) is 11.5 Å². The number of Topliss-reactive ketones (excluding diaryl/α,β-unsaturated/α-hetero) is 1. The Morgan fingerprint density at radius 2 is 1.65 bits per heavy atom. The van der Waals surface area contributed by atoms with Crippen molar-refractivity contribution in [2.75, 3.05) is 12.0 Å². The Kier molecular flexibility index (Phi) is 4.21. The number of carbonyl (C=O) groups excluding carboxylic acids is 1. The predicted molar refractivity (Wildman–Crippen MR) is 122 cm³/mol. The van der Waals surface area contributed by atoms with E-state index in [4.69, 9.17) is 4.74 Å². The van der Waals surface area contributed by atoms with Crippen LogP contribution in [-0.4, -0.2) is 18.9 Å². The van der Waals surface area contributed by atoms with Gasteiger partial charge in [0.05, 0.1) is 7.11 Å². The van der Waals surface area contributed by atoms with Gasteiger partial charge in [0.15, 0.2) is 0 Å². The van der Waals surface area contributed by atoms with E-state index in [2.05, 4.69) is 71.6 Å². The molecule has 6 rings (SSSR count). The van der Waals surface area contributed by atoms with Gasteiger partial charge in [-0.3, -0.25) is 4.79 Å². The molecule has 3 aromatic rings. The number of fused-ring (bicyclic) bond motifs is 7. The molecule has 3 heteroatoms. The standard InChI is InChI=1S/C28H27NO2/c1-31-21-13-11-19(12-14-21)17-28-23-9-5-6-10-25(23)29(18-20-7-3-2-4-8-20)27(28)22-15-16-24(28)26(22)30/h2-14,22,24,27H,15-18H2,1H3. The van der Waals surface area contributed by atoms with Crippen molar-refractivity contribution in [2.45, 2.75) is 37.3 Å². The molecule has 156 valence electrons. The number of rotatable bonds is 5. The lowest BCUT2D eigenvalue weighted by Gasteiger charge is -2.42. The summed E-state index contributed by atoms with van der Waals surface area (Å²) in [6.45, 7) is 0.851. The smallest absolute Gasteiger partial charge is 0.142 e. The summed E-state index contributed by atoms with van der Waals surface area (Å²) in [5.41, 5.74) is 5.12. The monoisotopic (exact) mass is 409 g/mol. The van der Waals surface area contributed by atoms with E-state index in [0.29, 0.717) is 5.78 Å². The van der Waals surface area contributed by atoms with Crippen LogP contribution in [0.2, 0.25) is 0 Å². The maximum absolute atomic E-state index is 13.4. The van der Waals surface area contributed by atoms with Crippen LogP contribution in [-0.2, 0) is 23.2 Å². The summed E-state index contributed by atoms with van der Waals surface area (Å²) in [4.78, 5) is 16.0. The Morgan fingerprint density at radius 1 is 0.903 bits per heavy atom. The van der Waals surface area contributed by atoms with Crippen LogP contribution in [0.25, 0.3) is 0 Å². The van der Waals surface area contributed by atoms with Crippen molar-refractivity contribution in [3.63, 3.8) is 0 Å². The van der Waals surface area contributed by atoms with Crippen LogP contribution in [0.4, 0.5) is 5.69 Å². The van der Waals surface area contributed by atoms with E-state index in [1.807, 2.05) is 12.1 Å². The summed E-state index contributed by atoms with van der Waals surface area (Å²) >= 11 is 0. The van der Waals surface area contributed by atoms with Crippen molar-refractivity contribution in [3.05, 3.63) is 95.6 Å². The molecule has 2 fully saturated rings. The Hall–Kier alpha value is -3.07. The highest BCUT2D eigenvalue weighted by molar-refractivity contribution is 5.94. The molecule has 0 N–H and O–H groups in total. The van der Waals surface area contributed by atoms with Crippen molar-refractivity contribution >= 4 is 11.5 Å². The third-order valence-corrected chi connectivity index (χ3v) is 7.91. The lowest BCUT2D eigenvalue weighted by molar-refractivity contribution is -0.122. The molecule has 0 saturated heterocycles. The lowest BCUT2D eigenvalue weighted by atomic mass is 9.64. The highest BCUT2D eigenvalue weighted by Gasteiger charge is 2.68. The van der Waals surface area contributed by atoms with Crippen molar-refractivity contribution < 1.29 is 9.53 Å². The number of nitrogens with zero attached hydrogens (tertiary/aromatic N) is 1. The van der Waals surface area contributed by atoms with Gasteiger partial charge in [-0.25, -0.2) is 0 Å². The molecule has 3 aliphatic rings. The minimum atomic E-state index is -0.139. The van der Waals surface area contributed by atoms with E-state index in [0.717, 1.165) is 31.6 Å². The molecule has 1 aliphatic heterocycles. The molecule has 0 spiro atoms. The number of hydrogen-bond donors (Lipinski definition) is 0. The van der Waals surface area contributed by atoms with Gasteiger partial charge >= 0.3 is 0 Å². The maximum atomic E-state index is 13.4. The van der Waals surface area contributed by atoms with E-state index in [-0.39, 0.29) is 23.3 Å². The molecule has 31 heavy (non-hydrogen) atoms. The summed E-state index contributed by atoms with van der Waals surface area (Å²) in [5, 5.41) is 0. The molecule has 0 amide bonds. The minimum absolute atomic E-state index is 0.117. The lowest BCUT2D eigenvalue weighted by Crippen LogP contribution is -2.50. The minimum Gasteiger partial charge on any atom is -0.497 e. The first-order chi connectivity index (χ1) is 15.2. The SMILES string of the molecule is COc1ccc(CC23c4ccccc4N(Cc4ccccc4)C2C2CCC3C2=O)cc1. The van der Waals surface area contributed by atoms with Crippen LogP contribution >= 0.6 is 0 Å². The summed E-state index contributed by atoms with van der Waals surface area (Å²) < 4.78 is 5.37. The molecule has 4 atom stereocenters. The summed E-state index contributed by atoms with van der Waals surface area (Å²) in [7, 11) is 1.70. The van der Waals surface area contributed by atoms with Gasteiger partial charge in [-0.15, -0.1) is 0 Å². The number of anilines is 1. The first-order valence-corrected chi connectivity index (χ1v) is 11.3. The number of benzene rings is 3. The van der Waals surface area contributed by atoms with Crippen LogP contribution < -0.4 is 9.64 Å². The molecule has 2 aliphatic carbocycles. The van der Waals surface area contributed by atoms with Gasteiger partial charge in [-0.05, 0) is 54.2 Å². The van der Waals surface area contributed by atoms with Crippen molar-refractivity contribution in [3.8, 4) is 5.75 Å². The first kappa shape index (κ1) is 18.7. The third-order valence-electron chi connectivity index (χ3n) is 7.91. The van der Waals surface area contributed by atoms with Crippen LogP contribution in [0.15, 0.2) is 78.9 Å². The van der Waals surface area contributed by atoms with Gasteiger partial charge in [-0.2, -0.15) is 0 Å². The molecule has 0 aromatic heterocycles. The van der Waals surface area contributed by atoms with Crippen LogP contribution in [0.3, 0.4) is 0 Å². The topological polar surface area (TPSA) is 29.5 Å². The van der Waals surface area contributed by atoms with E-state index < -0.39 is 0 Å². The summed E-state index contributed by atoms with van der Waals surface area (Å²) in [5.74, 6) is 1.62. The number of para-hydroxylation sites is 1. The van der Waals surface area contributed by atoms with Gasteiger partial charge in [0.25, 0.3) is 0 Å². The Balaban J connectivity index is 1.48. The van der Waals surface area contributed by atoms with E-state index in [1.165, 1.54) is 22.4 Å². The molecule has 4 unspecified atom stereocenters. The fourth-order valence-electron chi connectivity index (χ4n) is 6.76. The second-order valence-corrected chi connectivity index (χ2v) is 9.28. The highest BCUT2D eigenvalue weighted by atomic mass is 16.5. The second kappa shape index (κ2) is 6.98. The molecular formula is C28H27NO2. The third kappa shape index (κ3) is 2.62. The first-order valence-electron chi connectivity index (χ1n) is 11.3. The van der Waals surface area contributed by atoms with Gasteiger partial charge in [0.2, 0.25) is 0 Å². The van der Waals surface area contributed by atoms with Crippen molar-refractivity contribution in [1.82, 2.24) is 0 Å². The highest BCUT2D eigenvalue weighted by Crippen LogP contribution is 2.64. The number of ether oxygens (including phenoxy) is 1. The van der Waals surface area contributed by atoms with Crippen LogP contribution in [0.5, 0.6) is 5.75 Å². The zero-order valence-corrected chi connectivity index (χ0v) is 17.8. The summed E-state index contributed by atoms with van der Waals surface area (Å²) in [6, 6.07) is 28.2. The van der Waals surface area contributed by atoms with Crippen molar-refractivity contribution in [1.29, 1.82) is 0 Å². The molecule has 0 radical (unpaired) electrons. The maximum Gasteiger partial charge on any atom is 0.142 e. The fraction of sp³-hybridized carbons (Fsp3) is 0.321. The second-order valence-electron chi connectivity index (χ2n) is 9.28. The van der Waals surface area contributed by atoms with Crippen LogP contribution in [0, 0.1) is 11.8 Å². The number of carbonyl (C=O) groups is 1. The van der Waals surface area contributed by atoms with Gasteiger partial charge in [0, 0.05) is 35.5 Å². The fourth-order valence-corrected chi connectivity index (χ4v) is 6.76. The zero-order chi connectivity index (χ0) is 21.0. The average Bonchev–Trinajstić information content (AvgIpc) is 3.40. The number of ketones is 1. The number of hydrogen-bond acceptors (Lipinski definition) is 3. The Labute approximate surface area is 183 Å². The Bertz CT molecular complexity index is 1120. The summed E-state index contributed by atoms with van der Waals surface area (Å²) in [6.07, 6.45) is 2.94. The molecular weight excluding hydrogens is 382 g/mol. The molecule has 2 saturated carbocycles. The molecule has 3 aromatic carbocycles. The quantitative estimate of drug-likeness (QED) is 0.582. The van der Waals surface area contributed by atoms with E-state index >= 15 is 0 Å². The van der Waals surface area contributed by atoms with Crippen LogP contribution in [0.1, 0.15) is 29.5 Å². The average molecular weight is 410 g/mol. The largest absolute Gasteiger partial charge is 0.497 e. The van der Waals surface area contributed by atoms with Gasteiger partial charge in [-0.1, -0.05) is 60.7 Å².